The second-order valence-corrected chi connectivity index (χ2v) is 9.17. The first-order chi connectivity index (χ1) is 16.9. The molecule has 2 aromatic carbocycles. The van der Waals surface area contributed by atoms with Crippen molar-refractivity contribution in [2.45, 2.75) is 45.1 Å². The van der Waals surface area contributed by atoms with Crippen LogP contribution in [-0.4, -0.2) is 56.1 Å². The Kier molecular flexibility index (Phi) is 7.58. The fourth-order valence-corrected chi connectivity index (χ4v) is 5.01. The van der Waals surface area contributed by atoms with Gasteiger partial charge in [0.25, 0.3) is 0 Å². The van der Waals surface area contributed by atoms with Crippen LogP contribution in [0.25, 0.3) is 0 Å². The summed E-state index contributed by atoms with van der Waals surface area (Å²) in [5, 5.41) is 2.93. The molecule has 1 aliphatic carbocycles. The fraction of sp³-hybridized carbons (Fsp3) is 0.444. The topological polar surface area (TPSA) is 88.2 Å². The molecule has 2 unspecified atom stereocenters. The summed E-state index contributed by atoms with van der Waals surface area (Å²) >= 11 is 0. The third-order valence-corrected chi connectivity index (χ3v) is 6.89. The number of fused-ring (bicyclic) bond motifs is 1. The Hall–Kier alpha value is -3.55. The molecule has 0 bridgehead atoms. The highest BCUT2D eigenvalue weighted by Gasteiger charge is 2.47. The predicted octanol–water partition coefficient (Wildman–Crippen LogP) is 3.70. The average molecular weight is 480 g/mol. The number of carbonyl (C=O) groups excluding carboxylic acids is 3. The average Bonchev–Trinajstić information content (AvgIpc) is 2.87. The summed E-state index contributed by atoms with van der Waals surface area (Å²) in [6, 6.07) is 12.3. The Morgan fingerprint density at radius 3 is 2.43 bits per heavy atom. The Morgan fingerprint density at radius 1 is 1.00 bits per heavy atom. The van der Waals surface area contributed by atoms with Crippen molar-refractivity contribution in [1.29, 1.82) is 0 Å². The minimum absolute atomic E-state index is 0.0679. The van der Waals surface area contributed by atoms with E-state index in [1.165, 1.54) is 4.90 Å². The maximum atomic E-state index is 13.5. The van der Waals surface area contributed by atoms with Gasteiger partial charge >= 0.3 is 6.03 Å². The lowest BCUT2D eigenvalue weighted by atomic mass is 9.81. The van der Waals surface area contributed by atoms with E-state index in [1.54, 1.807) is 31.3 Å². The van der Waals surface area contributed by atoms with Gasteiger partial charge in [0.15, 0.2) is 11.5 Å². The molecular weight excluding hydrogens is 446 g/mol. The molecule has 2 aliphatic rings. The van der Waals surface area contributed by atoms with Gasteiger partial charge in [-0.3, -0.25) is 9.59 Å². The summed E-state index contributed by atoms with van der Waals surface area (Å²) in [6.07, 6.45) is 3.98. The molecule has 2 fully saturated rings. The number of amides is 4. The van der Waals surface area contributed by atoms with Gasteiger partial charge < -0.3 is 19.7 Å². The first-order valence-electron chi connectivity index (χ1n) is 12.1. The molecule has 8 nitrogen and oxygen atoms in total. The predicted molar refractivity (Wildman–Crippen MR) is 133 cm³/mol. The second kappa shape index (κ2) is 10.8. The van der Waals surface area contributed by atoms with Gasteiger partial charge in [0.2, 0.25) is 11.8 Å². The molecule has 0 aromatic heterocycles. The third-order valence-electron chi connectivity index (χ3n) is 6.89. The van der Waals surface area contributed by atoms with E-state index in [1.807, 2.05) is 37.3 Å². The normalized spacial score (nSPS) is 19.9. The van der Waals surface area contributed by atoms with Gasteiger partial charge in [-0.1, -0.05) is 36.6 Å². The number of urea groups is 1. The highest BCUT2D eigenvalue weighted by atomic mass is 16.5. The molecule has 1 saturated carbocycles. The van der Waals surface area contributed by atoms with Crippen LogP contribution >= 0.6 is 0 Å². The minimum atomic E-state index is -0.419. The van der Waals surface area contributed by atoms with Crippen LogP contribution in [0.1, 0.15) is 36.8 Å². The smallest absolute Gasteiger partial charge is 0.332 e. The molecule has 2 atom stereocenters. The zero-order valence-electron chi connectivity index (χ0n) is 20.6. The maximum absolute atomic E-state index is 13.5. The first-order valence-corrected chi connectivity index (χ1v) is 12.1. The van der Waals surface area contributed by atoms with Crippen LogP contribution in [0.3, 0.4) is 0 Å². The number of ether oxygens (including phenoxy) is 2. The Balaban J connectivity index is 1.43. The number of benzene rings is 2. The molecule has 0 spiro atoms. The van der Waals surface area contributed by atoms with Gasteiger partial charge in [-0.25, -0.2) is 9.69 Å². The van der Waals surface area contributed by atoms with E-state index in [9.17, 15) is 14.4 Å². The van der Waals surface area contributed by atoms with Gasteiger partial charge in [-0.05, 0) is 56.0 Å². The molecule has 1 N–H and O–H groups in total. The molecule has 0 radical (unpaired) electrons. The zero-order chi connectivity index (χ0) is 24.9. The van der Waals surface area contributed by atoms with E-state index in [0.29, 0.717) is 30.2 Å². The fourth-order valence-electron chi connectivity index (χ4n) is 5.01. The van der Waals surface area contributed by atoms with Crippen LogP contribution in [0.15, 0.2) is 42.5 Å². The largest absolute Gasteiger partial charge is 0.493 e. The van der Waals surface area contributed by atoms with E-state index in [4.69, 9.17) is 9.47 Å². The van der Waals surface area contributed by atoms with Gasteiger partial charge in [-0.15, -0.1) is 0 Å². The standard InChI is InChI=1S/C27H33N3O5/c1-18-8-11-20(12-9-18)30-26(32)21-6-4-5-7-22(21)29(27(30)33)17-25(31)28-15-14-19-10-13-23(34-2)24(16-19)35-3/h8-13,16,21-22H,4-7,14-15,17H2,1-3H3,(H,28,31). The number of methoxy groups -OCH3 is 2. The van der Waals surface area contributed by atoms with Crippen molar-refractivity contribution in [3.63, 3.8) is 0 Å². The summed E-state index contributed by atoms with van der Waals surface area (Å²) < 4.78 is 10.6. The number of anilines is 1. The van der Waals surface area contributed by atoms with Crippen LogP contribution < -0.4 is 19.7 Å². The van der Waals surface area contributed by atoms with Crippen LogP contribution in [0.2, 0.25) is 0 Å². The van der Waals surface area contributed by atoms with Crippen molar-refractivity contribution in [2.75, 3.05) is 32.2 Å². The minimum Gasteiger partial charge on any atom is -0.493 e. The molecule has 1 saturated heterocycles. The zero-order valence-corrected chi connectivity index (χ0v) is 20.6. The van der Waals surface area contributed by atoms with E-state index < -0.39 is 6.03 Å². The molecule has 1 aliphatic heterocycles. The number of imide groups is 1. The first kappa shape index (κ1) is 24.6. The molecule has 35 heavy (non-hydrogen) atoms. The van der Waals surface area contributed by atoms with Gasteiger partial charge in [-0.2, -0.15) is 0 Å². The van der Waals surface area contributed by atoms with Crippen molar-refractivity contribution >= 4 is 23.5 Å². The lowest BCUT2D eigenvalue weighted by molar-refractivity contribution is -0.129. The number of nitrogens with one attached hydrogen (secondary N) is 1. The molecular formula is C27H33N3O5. The van der Waals surface area contributed by atoms with Gasteiger partial charge in [0.1, 0.15) is 6.54 Å². The lowest BCUT2D eigenvalue weighted by Crippen LogP contribution is -2.64. The quantitative estimate of drug-likeness (QED) is 0.624. The Labute approximate surface area is 206 Å². The molecule has 4 amide bonds. The van der Waals surface area contributed by atoms with E-state index >= 15 is 0 Å². The van der Waals surface area contributed by atoms with Crippen LogP contribution in [0.4, 0.5) is 10.5 Å². The van der Waals surface area contributed by atoms with E-state index in [-0.39, 0.29) is 30.3 Å². The highest BCUT2D eigenvalue weighted by Crippen LogP contribution is 2.36. The number of carbonyl (C=O) groups is 3. The van der Waals surface area contributed by atoms with Gasteiger partial charge in [0.05, 0.1) is 25.8 Å². The second-order valence-electron chi connectivity index (χ2n) is 9.17. The van der Waals surface area contributed by atoms with Crippen molar-refractivity contribution in [3.05, 3.63) is 53.6 Å². The van der Waals surface area contributed by atoms with Crippen molar-refractivity contribution in [3.8, 4) is 11.5 Å². The summed E-state index contributed by atoms with van der Waals surface area (Å²) in [5.74, 6) is 0.621. The number of hydrogen-bond donors (Lipinski definition) is 1. The van der Waals surface area contributed by atoms with E-state index in [0.717, 1.165) is 36.8 Å². The highest BCUT2D eigenvalue weighted by molar-refractivity contribution is 6.17. The molecule has 2 aromatic rings. The van der Waals surface area contributed by atoms with Crippen LogP contribution in [0.5, 0.6) is 11.5 Å². The van der Waals surface area contributed by atoms with Crippen LogP contribution in [0, 0.1) is 12.8 Å². The number of aryl methyl sites for hydroxylation is 1. The summed E-state index contributed by atoms with van der Waals surface area (Å²) in [6.45, 7) is 2.31. The maximum Gasteiger partial charge on any atom is 0.332 e. The van der Waals surface area contributed by atoms with Crippen molar-refractivity contribution in [1.82, 2.24) is 10.2 Å². The van der Waals surface area contributed by atoms with Crippen molar-refractivity contribution < 1.29 is 23.9 Å². The summed E-state index contributed by atoms with van der Waals surface area (Å²) in [5.41, 5.74) is 2.60. The summed E-state index contributed by atoms with van der Waals surface area (Å²) in [7, 11) is 3.17. The molecule has 1 heterocycles. The number of hydrogen-bond acceptors (Lipinski definition) is 5. The monoisotopic (exact) mass is 479 g/mol. The molecule has 8 heteroatoms. The molecule has 186 valence electrons. The van der Waals surface area contributed by atoms with Crippen LogP contribution in [-0.2, 0) is 16.0 Å². The SMILES string of the molecule is COc1ccc(CCNC(=O)CN2C(=O)N(c3ccc(C)cc3)C(=O)C3CCCCC32)cc1OC. The van der Waals surface area contributed by atoms with Gasteiger partial charge in [0, 0.05) is 12.6 Å². The Morgan fingerprint density at radius 2 is 1.71 bits per heavy atom. The Bertz CT molecular complexity index is 1080. The number of rotatable bonds is 8. The third kappa shape index (κ3) is 5.26. The lowest BCUT2D eigenvalue weighted by Gasteiger charge is -2.46. The van der Waals surface area contributed by atoms with Crippen molar-refractivity contribution in [2.24, 2.45) is 5.92 Å². The van der Waals surface area contributed by atoms with E-state index in [2.05, 4.69) is 5.32 Å². The summed E-state index contributed by atoms with van der Waals surface area (Å²) in [4.78, 5) is 42.4. The molecule has 4 rings (SSSR count). The number of nitrogens with zero attached hydrogens (tertiary/aromatic N) is 2.